The van der Waals surface area contributed by atoms with Gasteiger partial charge in [0.1, 0.15) is 5.75 Å². The van der Waals surface area contributed by atoms with Crippen LogP contribution in [0.5, 0.6) is 5.75 Å². The van der Waals surface area contributed by atoms with E-state index < -0.39 is 5.60 Å². The lowest BCUT2D eigenvalue weighted by Crippen LogP contribution is -2.42. The highest BCUT2D eigenvalue weighted by atomic mass is 16.3. The molecule has 1 aliphatic rings. The Morgan fingerprint density at radius 1 is 1.22 bits per heavy atom. The predicted octanol–water partition coefficient (Wildman–Crippen LogP) is 2.33. The second kappa shape index (κ2) is 5.29. The normalized spacial score (nSPS) is 28.6. The van der Waals surface area contributed by atoms with Crippen molar-refractivity contribution in [2.24, 2.45) is 5.92 Å². The number of hydrogen-bond acceptors (Lipinski definition) is 3. The molecule has 1 aromatic carbocycles. The van der Waals surface area contributed by atoms with Crippen LogP contribution in [0.2, 0.25) is 0 Å². The molecule has 1 fully saturated rings. The maximum absolute atomic E-state index is 11.0. The van der Waals surface area contributed by atoms with Crippen molar-refractivity contribution in [2.75, 3.05) is 20.6 Å². The number of phenols is 1. The fourth-order valence-corrected chi connectivity index (χ4v) is 3.04. The van der Waals surface area contributed by atoms with Gasteiger partial charge in [0.2, 0.25) is 0 Å². The van der Waals surface area contributed by atoms with Crippen molar-refractivity contribution in [2.45, 2.75) is 31.3 Å². The van der Waals surface area contributed by atoms with Gasteiger partial charge < -0.3 is 15.1 Å². The molecule has 3 heteroatoms. The minimum absolute atomic E-state index is 0.252. The summed E-state index contributed by atoms with van der Waals surface area (Å²) in [5.41, 5.74) is 0.197. The van der Waals surface area contributed by atoms with E-state index >= 15 is 0 Å². The zero-order chi connectivity index (χ0) is 13.2. The second-order valence-electron chi connectivity index (χ2n) is 5.68. The minimum atomic E-state index is -0.740. The first-order valence-corrected chi connectivity index (χ1v) is 6.69. The lowest BCUT2D eigenvalue weighted by Gasteiger charge is -2.41. The summed E-state index contributed by atoms with van der Waals surface area (Å²) in [4.78, 5) is 2.14. The molecule has 0 heterocycles. The Hall–Kier alpha value is -1.06. The molecule has 0 aliphatic heterocycles. The quantitative estimate of drug-likeness (QED) is 0.864. The summed E-state index contributed by atoms with van der Waals surface area (Å²) < 4.78 is 0. The van der Waals surface area contributed by atoms with Crippen molar-refractivity contribution in [1.29, 1.82) is 0 Å². The van der Waals surface area contributed by atoms with Gasteiger partial charge in [-0.3, -0.25) is 0 Å². The van der Waals surface area contributed by atoms with Crippen LogP contribution in [0.3, 0.4) is 0 Å². The summed E-state index contributed by atoms with van der Waals surface area (Å²) in [5.74, 6) is 0.521. The summed E-state index contributed by atoms with van der Waals surface area (Å²) in [5, 5.41) is 20.4. The fourth-order valence-electron chi connectivity index (χ4n) is 3.04. The smallest absolute Gasteiger partial charge is 0.115 e. The topological polar surface area (TPSA) is 43.7 Å². The first-order valence-electron chi connectivity index (χ1n) is 6.69. The van der Waals surface area contributed by atoms with Crippen molar-refractivity contribution in [3.63, 3.8) is 0 Å². The molecule has 0 bridgehead atoms. The van der Waals surface area contributed by atoms with E-state index in [1.54, 1.807) is 12.1 Å². The van der Waals surface area contributed by atoms with E-state index in [9.17, 15) is 10.2 Å². The van der Waals surface area contributed by atoms with Gasteiger partial charge in [-0.25, -0.2) is 0 Å². The molecule has 2 N–H and O–H groups in total. The monoisotopic (exact) mass is 249 g/mol. The van der Waals surface area contributed by atoms with Crippen molar-refractivity contribution in [3.8, 4) is 5.75 Å². The molecule has 0 aromatic heterocycles. The number of nitrogens with zero attached hydrogens (tertiary/aromatic N) is 1. The van der Waals surface area contributed by atoms with Crippen molar-refractivity contribution < 1.29 is 10.2 Å². The first-order chi connectivity index (χ1) is 8.52. The molecule has 2 rings (SSSR count). The number of aliphatic hydroxyl groups is 1. The van der Waals surface area contributed by atoms with Gasteiger partial charge >= 0.3 is 0 Å². The van der Waals surface area contributed by atoms with Crippen LogP contribution in [0.15, 0.2) is 24.3 Å². The summed E-state index contributed by atoms with van der Waals surface area (Å²) in [6.45, 7) is 0.900. The molecule has 2 atom stereocenters. The van der Waals surface area contributed by atoms with Gasteiger partial charge in [-0.05, 0) is 44.6 Å². The van der Waals surface area contributed by atoms with E-state index in [-0.39, 0.29) is 11.7 Å². The zero-order valence-electron chi connectivity index (χ0n) is 11.3. The Morgan fingerprint density at radius 2 is 1.89 bits per heavy atom. The van der Waals surface area contributed by atoms with Crippen molar-refractivity contribution in [3.05, 3.63) is 29.8 Å². The Kier molecular flexibility index (Phi) is 3.93. The van der Waals surface area contributed by atoms with Crippen LogP contribution in [0.4, 0.5) is 0 Å². The lowest BCUT2D eigenvalue weighted by molar-refractivity contribution is -0.0618. The van der Waals surface area contributed by atoms with Crippen LogP contribution in [0.25, 0.3) is 0 Å². The van der Waals surface area contributed by atoms with Gasteiger partial charge in [0.25, 0.3) is 0 Å². The van der Waals surface area contributed by atoms with E-state index in [1.807, 2.05) is 26.2 Å². The molecule has 18 heavy (non-hydrogen) atoms. The first kappa shape index (κ1) is 13.4. The second-order valence-corrected chi connectivity index (χ2v) is 5.68. The van der Waals surface area contributed by atoms with Crippen LogP contribution in [0, 0.1) is 5.92 Å². The highest BCUT2D eigenvalue weighted by Gasteiger charge is 2.40. The molecule has 0 radical (unpaired) electrons. The number of phenolic OH excluding ortho intramolecular Hbond substituents is 1. The molecular formula is C15H23NO2. The van der Waals surface area contributed by atoms with E-state index in [0.717, 1.165) is 31.4 Å². The van der Waals surface area contributed by atoms with Crippen LogP contribution in [0.1, 0.15) is 31.2 Å². The van der Waals surface area contributed by atoms with Crippen LogP contribution in [-0.2, 0) is 5.60 Å². The Morgan fingerprint density at radius 3 is 2.50 bits per heavy atom. The van der Waals surface area contributed by atoms with E-state index in [2.05, 4.69) is 4.90 Å². The maximum Gasteiger partial charge on any atom is 0.115 e. The van der Waals surface area contributed by atoms with Gasteiger partial charge in [0, 0.05) is 12.5 Å². The van der Waals surface area contributed by atoms with Gasteiger partial charge in [0.05, 0.1) is 5.60 Å². The molecule has 3 nitrogen and oxygen atoms in total. The Bertz CT molecular complexity index is 388. The van der Waals surface area contributed by atoms with E-state index in [1.165, 1.54) is 6.42 Å². The highest BCUT2D eigenvalue weighted by Crippen LogP contribution is 2.42. The Labute approximate surface area is 109 Å². The van der Waals surface area contributed by atoms with Gasteiger partial charge in [-0.2, -0.15) is 0 Å². The van der Waals surface area contributed by atoms with Gasteiger partial charge in [-0.15, -0.1) is 0 Å². The molecule has 2 unspecified atom stereocenters. The molecule has 1 aromatic rings. The molecular weight excluding hydrogens is 226 g/mol. The standard InChI is InChI=1S/C15H23NO2/c1-16(2)11-13-5-3-4-10-15(13,18)12-6-8-14(17)9-7-12/h6-9,13,17-18H,3-5,10-11H2,1-2H3. The SMILES string of the molecule is CN(C)CC1CCCCC1(O)c1ccc(O)cc1. The molecule has 0 spiro atoms. The fraction of sp³-hybridized carbons (Fsp3) is 0.600. The van der Waals surface area contributed by atoms with Crippen LogP contribution in [-0.4, -0.2) is 35.8 Å². The van der Waals surface area contributed by atoms with E-state index in [4.69, 9.17) is 0 Å². The largest absolute Gasteiger partial charge is 0.508 e. The van der Waals surface area contributed by atoms with Crippen molar-refractivity contribution >= 4 is 0 Å². The summed E-state index contributed by atoms with van der Waals surface area (Å²) in [6.07, 6.45) is 4.14. The average molecular weight is 249 g/mol. The third-order valence-corrected chi connectivity index (χ3v) is 3.99. The third kappa shape index (κ3) is 2.68. The lowest BCUT2D eigenvalue weighted by atomic mass is 9.71. The maximum atomic E-state index is 11.0. The van der Waals surface area contributed by atoms with Gasteiger partial charge in [-0.1, -0.05) is 25.0 Å². The number of benzene rings is 1. The number of rotatable bonds is 3. The summed E-state index contributed by atoms with van der Waals surface area (Å²) in [6, 6.07) is 7.02. The van der Waals surface area contributed by atoms with Crippen LogP contribution < -0.4 is 0 Å². The van der Waals surface area contributed by atoms with Crippen LogP contribution >= 0.6 is 0 Å². The Balaban J connectivity index is 2.26. The van der Waals surface area contributed by atoms with E-state index in [0.29, 0.717) is 0 Å². The number of hydrogen-bond donors (Lipinski definition) is 2. The third-order valence-electron chi connectivity index (χ3n) is 3.99. The van der Waals surface area contributed by atoms with Gasteiger partial charge in [0.15, 0.2) is 0 Å². The molecule has 0 saturated heterocycles. The molecule has 100 valence electrons. The molecule has 1 saturated carbocycles. The zero-order valence-corrected chi connectivity index (χ0v) is 11.3. The summed E-state index contributed by atoms with van der Waals surface area (Å²) >= 11 is 0. The summed E-state index contributed by atoms with van der Waals surface area (Å²) in [7, 11) is 4.09. The van der Waals surface area contributed by atoms with Crippen molar-refractivity contribution in [1.82, 2.24) is 4.90 Å². The minimum Gasteiger partial charge on any atom is -0.508 e. The average Bonchev–Trinajstić information content (AvgIpc) is 2.32. The predicted molar refractivity (Wildman–Crippen MR) is 72.5 cm³/mol. The number of aromatic hydroxyl groups is 1. The molecule has 0 amide bonds. The molecule has 1 aliphatic carbocycles. The highest BCUT2D eigenvalue weighted by molar-refractivity contribution is 5.30.